The lowest BCUT2D eigenvalue weighted by molar-refractivity contribution is 0.0995. The summed E-state index contributed by atoms with van der Waals surface area (Å²) in [5, 5.41) is 6.02. The molecule has 0 aliphatic heterocycles. The summed E-state index contributed by atoms with van der Waals surface area (Å²) < 4.78 is 42.5. The molecular weight excluding hydrogens is 453 g/mol. The van der Waals surface area contributed by atoms with Crippen LogP contribution in [0.25, 0.3) is 11.1 Å². The van der Waals surface area contributed by atoms with Gasteiger partial charge in [-0.05, 0) is 50.0 Å². The summed E-state index contributed by atoms with van der Waals surface area (Å²) in [6, 6.07) is 6.58. The van der Waals surface area contributed by atoms with Gasteiger partial charge >= 0.3 is 6.03 Å². The van der Waals surface area contributed by atoms with Crippen LogP contribution in [-0.2, 0) is 23.6 Å². The van der Waals surface area contributed by atoms with Crippen LogP contribution in [0.2, 0.25) is 0 Å². The summed E-state index contributed by atoms with van der Waals surface area (Å²) >= 11 is 0. The number of nitrogens with zero attached hydrogens (tertiary/aromatic N) is 4. The number of carbonyl (C=O) groups is 2. The standard InChI is InChI=1S/C20H22FN7O4S/c1-27(2)11-14-10-18(25-28(14)3)33(31,32)26-20(30)24-16-5-4-13(21)9-15(16)12-6-7-23-17(8-12)19(22)29/h4-10H,11H2,1-3H3,(H2,22,29)(H2,24,26,30). The molecule has 0 unspecified atom stereocenters. The quantitative estimate of drug-likeness (QED) is 0.465. The number of nitrogens with two attached hydrogens (primary N) is 1. The SMILES string of the molecule is CN(C)Cc1cc(S(=O)(=O)NC(=O)Nc2ccc(F)cc2-c2ccnc(C(N)=O)c2)nn1C. The molecule has 174 valence electrons. The van der Waals surface area contributed by atoms with Gasteiger partial charge in [0, 0.05) is 31.4 Å². The zero-order chi connectivity index (χ0) is 24.3. The number of urea groups is 1. The number of pyridine rings is 1. The minimum absolute atomic E-state index is 0.0570. The van der Waals surface area contributed by atoms with Crippen LogP contribution in [0.3, 0.4) is 0 Å². The van der Waals surface area contributed by atoms with Crippen LogP contribution < -0.4 is 15.8 Å². The average molecular weight is 476 g/mol. The van der Waals surface area contributed by atoms with Crippen LogP contribution in [-0.4, -0.2) is 54.1 Å². The number of primary amides is 1. The van der Waals surface area contributed by atoms with Crippen molar-refractivity contribution in [2.24, 2.45) is 12.8 Å². The van der Waals surface area contributed by atoms with E-state index >= 15 is 0 Å². The fourth-order valence-electron chi connectivity index (χ4n) is 3.00. The van der Waals surface area contributed by atoms with E-state index in [0.717, 1.165) is 12.1 Å². The van der Waals surface area contributed by atoms with Gasteiger partial charge in [0.05, 0.1) is 11.4 Å². The number of aryl methyl sites for hydroxylation is 1. The van der Waals surface area contributed by atoms with Gasteiger partial charge in [0.1, 0.15) is 11.5 Å². The van der Waals surface area contributed by atoms with Crippen LogP contribution in [0.5, 0.6) is 0 Å². The van der Waals surface area contributed by atoms with Crippen LogP contribution in [0.4, 0.5) is 14.9 Å². The molecule has 0 fully saturated rings. The molecule has 0 atom stereocenters. The summed E-state index contributed by atoms with van der Waals surface area (Å²) in [6.45, 7) is 0.448. The van der Waals surface area contributed by atoms with E-state index in [1.165, 1.54) is 35.1 Å². The Bertz CT molecular complexity index is 1320. The Labute approximate surface area is 189 Å². The first kappa shape index (κ1) is 23.8. The molecule has 0 spiro atoms. The van der Waals surface area contributed by atoms with E-state index in [2.05, 4.69) is 15.4 Å². The molecule has 3 amide bonds. The minimum atomic E-state index is -4.28. The number of rotatable bonds is 7. The first-order chi connectivity index (χ1) is 15.5. The van der Waals surface area contributed by atoms with E-state index in [1.807, 2.05) is 23.7 Å². The van der Waals surface area contributed by atoms with Crippen LogP contribution >= 0.6 is 0 Å². The monoisotopic (exact) mass is 475 g/mol. The first-order valence-electron chi connectivity index (χ1n) is 9.53. The molecule has 0 radical (unpaired) electrons. The van der Waals surface area contributed by atoms with Gasteiger partial charge in [-0.2, -0.15) is 13.5 Å². The number of carbonyl (C=O) groups excluding carboxylic acids is 2. The van der Waals surface area contributed by atoms with Gasteiger partial charge in [0.15, 0.2) is 5.03 Å². The number of nitrogens with one attached hydrogen (secondary N) is 2. The number of hydrogen-bond acceptors (Lipinski definition) is 7. The van der Waals surface area contributed by atoms with Crippen LogP contribution in [0.15, 0.2) is 47.6 Å². The van der Waals surface area contributed by atoms with Gasteiger partial charge in [-0.3, -0.25) is 14.5 Å². The second-order valence-corrected chi connectivity index (χ2v) is 9.01. The lowest BCUT2D eigenvalue weighted by atomic mass is 10.0. The highest BCUT2D eigenvalue weighted by Gasteiger charge is 2.23. The lowest BCUT2D eigenvalue weighted by Gasteiger charge is -2.12. The molecule has 0 aliphatic carbocycles. The largest absolute Gasteiger partial charge is 0.364 e. The number of benzene rings is 1. The maximum Gasteiger partial charge on any atom is 0.333 e. The van der Waals surface area contributed by atoms with E-state index in [9.17, 15) is 22.4 Å². The highest BCUT2D eigenvalue weighted by molar-refractivity contribution is 7.90. The third kappa shape index (κ3) is 5.70. The van der Waals surface area contributed by atoms with Crippen LogP contribution in [0, 0.1) is 5.82 Å². The minimum Gasteiger partial charge on any atom is -0.364 e. The van der Waals surface area contributed by atoms with Crippen molar-refractivity contribution < 1.29 is 22.4 Å². The molecule has 4 N–H and O–H groups in total. The van der Waals surface area contributed by atoms with E-state index in [0.29, 0.717) is 17.8 Å². The van der Waals surface area contributed by atoms with Gasteiger partial charge in [-0.25, -0.2) is 13.9 Å². The van der Waals surface area contributed by atoms with Crippen molar-refractivity contribution in [1.82, 2.24) is 24.4 Å². The number of aromatic nitrogens is 3. The van der Waals surface area contributed by atoms with Crippen molar-refractivity contribution in [3.8, 4) is 11.1 Å². The molecule has 33 heavy (non-hydrogen) atoms. The van der Waals surface area contributed by atoms with Crippen molar-refractivity contribution in [2.75, 3.05) is 19.4 Å². The smallest absolute Gasteiger partial charge is 0.333 e. The third-order valence-electron chi connectivity index (χ3n) is 4.49. The maximum atomic E-state index is 13.9. The highest BCUT2D eigenvalue weighted by atomic mass is 32.2. The second-order valence-electron chi connectivity index (χ2n) is 7.38. The summed E-state index contributed by atoms with van der Waals surface area (Å²) in [6.07, 6.45) is 1.31. The molecule has 13 heteroatoms. The molecule has 3 rings (SSSR count). The molecule has 0 aliphatic rings. The lowest BCUT2D eigenvalue weighted by Crippen LogP contribution is -2.34. The van der Waals surface area contributed by atoms with E-state index in [-0.39, 0.29) is 22.0 Å². The van der Waals surface area contributed by atoms with E-state index < -0.39 is 27.8 Å². The molecule has 0 saturated carbocycles. The first-order valence-corrected chi connectivity index (χ1v) is 11.0. The Kier molecular flexibility index (Phi) is 6.74. The van der Waals surface area contributed by atoms with Crippen molar-refractivity contribution in [2.45, 2.75) is 11.6 Å². The van der Waals surface area contributed by atoms with E-state index in [1.54, 1.807) is 7.05 Å². The molecule has 2 aromatic heterocycles. The Hall–Kier alpha value is -3.84. The molecule has 3 aromatic rings. The van der Waals surface area contributed by atoms with Crippen molar-refractivity contribution >= 4 is 27.6 Å². The molecule has 11 nitrogen and oxygen atoms in total. The Morgan fingerprint density at radius 1 is 1.18 bits per heavy atom. The molecule has 2 heterocycles. The van der Waals surface area contributed by atoms with Gasteiger partial charge in [0.2, 0.25) is 0 Å². The Balaban J connectivity index is 1.85. The highest BCUT2D eigenvalue weighted by Crippen LogP contribution is 2.29. The number of anilines is 1. The fourth-order valence-corrected chi connectivity index (χ4v) is 3.92. The van der Waals surface area contributed by atoms with Crippen molar-refractivity contribution in [3.05, 3.63) is 59.8 Å². The van der Waals surface area contributed by atoms with Crippen molar-refractivity contribution in [1.29, 1.82) is 0 Å². The number of sulfonamides is 1. The van der Waals surface area contributed by atoms with Gasteiger partial charge in [-0.1, -0.05) is 0 Å². The number of amides is 3. The zero-order valence-corrected chi connectivity index (χ0v) is 18.9. The normalized spacial score (nSPS) is 11.4. The summed E-state index contributed by atoms with van der Waals surface area (Å²) in [4.78, 5) is 29.6. The summed E-state index contributed by atoms with van der Waals surface area (Å²) in [5.74, 6) is -1.39. The fraction of sp³-hybridized carbons (Fsp3) is 0.200. The Morgan fingerprint density at radius 3 is 2.58 bits per heavy atom. The predicted octanol–water partition coefficient (Wildman–Crippen LogP) is 1.29. The topological polar surface area (TPSA) is 152 Å². The summed E-state index contributed by atoms with van der Waals surface area (Å²) in [5.41, 5.74) is 6.45. The third-order valence-corrected chi connectivity index (χ3v) is 5.69. The average Bonchev–Trinajstić information content (AvgIpc) is 3.09. The van der Waals surface area contributed by atoms with Gasteiger partial charge in [-0.15, -0.1) is 0 Å². The molecule has 0 bridgehead atoms. The number of halogens is 1. The van der Waals surface area contributed by atoms with Crippen molar-refractivity contribution in [3.63, 3.8) is 0 Å². The molecular formula is C20H22FN7O4S. The maximum absolute atomic E-state index is 13.9. The van der Waals surface area contributed by atoms with Gasteiger partial charge < -0.3 is 16.0 Å². The zero-order valence-electron chi connectivity index (χ0n) is 18.0. The molecule has 1 aromatic carbocycles. The molecule has 0 saturated heterocycles. The Morgan fingerprint density at radius 2 is 1.91 bits per heavy atom. The number of hydrogen-bond donors (Lipinski definition) is 3. The van der Waals surface area contributed by atoms with E-state index in [4.69, 9.17) is 5.73 Å². The van der Waals surface area contributed by atoms with Crippen LogP contribution in [0.1, 0.15) is 16.2 Å². The predicted molar refractivity (Wildman–Crippen MR) is 118 cm³/mol. The van der Waals surface area contributed by atoms with Gasteiger partial charge in [0.25, 0.3) is 15.9 Å². The second kappa shape index (κ2) is 9.34. The summed E-state index contributed by atoms with van der Waals surface area (Å²) in [7, 11) is 0.960.